The van der Waals surface area contributed by atoms with E-state index in [1.807, 2.05) is 31.2 Å². The van der Waals surface area contributed by atoms with E-state index in [0.29, 0.717) is 0 Å². The van der Waals surface area contributed by atoms with Crippen LogP contribution >= 0.6 is 0 Å². The number of nitrogens with zero attached hydrogens (tertiary/aromatic N) is 1. The molecule has 1 N–H and O–H groups in total. The molecule has 0 atom stereocenters. The van der Waals surface area contributed by atoms with Crippen LogP contribution in [0, 0.1) is 6.92 Å². The monoisotopic (exact) mass is 342 g/mol. The molecule has 0 unspecified atom stereocenters. The lowest BCUT2D eigenvalue weighted by atomic mass is 10.1. The Hall–Kier alpha value is -1.60. The number of rotatable bonds is 6. The number of benzene rings is 1. The smallest absolute Gasteiger partial charge is 0.407 e. The Morgan fingerprint density at radius 1 is 1.26 bits per heavy atom. The lowest BCUT2D eigenvalue weighted by molar-refractivity contribution is 0.0525. The number of ether oxygens (including phenoxy) is 1. The van der Waals surface area contributed by atoms with Crippen molar-refractivity contribution in [2.75, 3.05) is 19.3 Å². The number of hydrogen-bond donors (Lipinski definition) is 1. The fraction of sp³-hybridized carbons (Fsp3) is 0.562. The Kier molecular flexibility index (Phi) is 6.58. The normalized spacial score (nSPS) is 12.3. The second-order valence-electron chi connectivity index (χ2n) is 6.45. The maximum Gasteiger partial charge on any atom is 0.407 e. The highest BCUT2D eigenvalue weighted by Gasteiger charge is 2.19. The van der Waals surface area contributed by atoms with Crippen molar-refractivity contribution < 1.29 is 17.9 Å². The second kappa shape index (κ2) is 7.79. The molecule has 130 valence electrons. The summed E-state index contributed by atoms with van der Waals surface area (Å²) in [5.41, 5.74) is 1.39. The van der Waals surface area contributed by atoms with Crippen molar-refractivity contribution in [1.82, 2.24) is 9.62 Å². The predicted octanol–water partition coefficient (Wildman–Crippen LogP) is 2.28. The Morgan fingerprint density at radius 3 is 2.39 bits per heavy atom. The van der Waals surface area contributed by atoms with Gasteiger partial charge in [0.2, 0.25) is 10.0 Å². The average Bonchev–Trinajstić information content (AvgIpc) is 2.36. The summed E-state index contributed by atoms with van der Waals surface area (Å²) < 4.78 is 30.3. The topological polar surface area (TPSA) is 75.7 Å². The fourth-order valence-corrected chi connectivity index (χ4v) is 2.73. The Bertz CT molecular complexity index is 636. The molecule has 0 aliphatic rings. The molecule has 1 amide bonds. The number of nitrogens with one attached hydrogen (secondary N) is 1. The van der Waals surface area contributed by atoms with Gasteiger partial charge in [-0.1, -0.05) is 24.3 Å². The fourth-order valence-electron chi connectivity index (χ4n) is 1.94. The number of carbonyl (C=O) groups excluding carboxylic acids is 1. The summed E-state index contributed by atoms with van der Waals surface area (Å²) in [6.07, 6.45) is 0.612. The molecule has 0 heterocycles. The first-order chi connectivity index (χ1) is 10.5. The minimum Gasteiger partial charge on any atom is -0.444 e. The van der Waals surface area contributed by atoms with Crippen molar-refractivity contribution in [1.29, 1.82) is 0 Å². The van der Waals surface area contributed by atoms with Crippen LogP contribution in [0.25, 0.3) is 0 Å². The highest BCUT2D eigenvalue weighted by Crippen LogP contribution is 2.12. The highest BCUT2D eigenvalue weighted by atomic mass is 32.2. The quantitative estimate of drug-likeness (QED) is 0.860. The maximum atomic E-state index is 11.9. The largest absolute Gasteiger partial charge is 0.444 e. The molecule has 1 rings (SSSR count). The van der Waals surface area contributed by atoms with E-state index in [9.17, 15) is 13.2 Å². The SMILES string of the molecule is Cc1ccccc1CN(CCNC(=O)OC(C)(C)C)S(C)(=O)=O. The number of hydrogen-bond acceptors (Lipinski definition) is 4. The molecule has 0 saturated carbocycles. The van der Waals surface area contributed by atoms with E-state index in [2.05, 4.69) is 5.32 Å². The molecular weight excluding hydrogens is 316 g/mol. The van der Waals surface area contributed by atoms with Gasteiger partial charge >= 0.3 is 6.09 Å². The van der Waals surface area contributed by atoms with E-state index >= 15 is 0 Å². The van der Waals surface area contributed by atoms with E-state index < -0.39 is 21.7 Å². The first-order valence-electron chi connectivity index (χ1n) is 7.45. The third-order valence-electron chi connectivity index (χ3n) is 3.11. The predicted molar refractivity (Wildman–Crippen MR) is 90.7 cm³/mol. The van der Waals surface area contributed by atoms with Crippen LogP contribution in [0.2, 0.25) is 0 Å². The number of alkyl carbamates (subject to hydrolysis) is 1. The van der Waals surface area contributed by atoms with Crippen LogP contribution in [0.3, 0.4) is 0 Å². The summed E-state index contributed by atoms with van der Waals surface area (Å²) in [6, 6.07) is 7.62. The van der Waals surface area contributed by atoms with Crippen LogP contribution in [-0.4, -0.2) is 43.8 Å². The summed E-state index contributed by atoms with van der Waals surface area (Å²) in [7, 11) is -3.37. The summed E-state index contributed by atoms with van der Waals surface area (Å²) >= 11 is 0. The molecule has 1 aromatic carbocycles. The molecule has 0 radical (unpaired) electrons. The van der Waals surface area contributed by atoms with Crippen LogP contribution in [0.15, 0.2) is 24.3 Å². The number of carbonyl (C=O) groups is 1. The molecule has 0 aliphatic heterocycles. The van der Waals surface area contributed by atoms with Crippen LogP contribution < -0.4 is 5.32 Å². The standard InChI is InChI=1S/C16H26N2O4S/c1-13-8-6-7-9-14(13)12-18(23(5,20)21)11-10-17-15(19)22-16(2,3)4/h6-9H,10-12H2,1-5H3,(H,17,19). The minimum atomic E-state index is -3.37. The first kappa shape index (κ1) is 19.4. The Balaban J connectivity index is 2.64. The second-order valence-corrected chi connectivity index (χ2v) is 8.43. The molecule has 0 spiro atoms. The van der Waals surface area contributed by atoms with Gasteiger partial charge in [0.1, 0.15) is 5.60 Å². The molecule has 0 aromatic heterocycles. The van der Waals surface area contributed by atoms with Gasteiger partial charge < -0.3 is 10.1 Å². The molecular formula is C16H26N2O4S. The van der Waals surface area contributed by atoms with E-state index in [1.165, 1.54) is 10.6 Å². The van der Waals surface area contributed by atoms with Crippen molar-refractivity contribution in [3.8, 4) is 0 Å². The average molecular weight is 342 g/mol. The zero-order valence-electron chi connectivity index (χ0n) is 14.4. The van der Waals surface area contributed by atoms with Gasteiger partial charge in [-0.3, -0.25) is 0 Å². The Labute approximate surface area is 138 Å². The van der Waals surface area contributed by atoms with E-state index in [0.717, 1.165) is 11.1 Å². The lowest BCUT2D eigenvalue weighted by Crippen LogP contribution is -2.39. The first-order valence-corrected chi connectivity index (χ1v) is 9.30. The number of sulfonamides is 1. The zero-order chi connectivity index (χ0) is 17.7. The lowest BCUT2D eigenvalue weighted by Gasteiger charge is -2.23. The van der Waals surface area contributed by atoms with Gasteiger partial charge in [-0.25, -0.2) is 13.2 Å². The molecule has 0 saturated heterocycles. The van der Waals surface area contributed by atoms with Crippen molar-refractivity contribution in [2.45, 2.75) is 39.8 Å². The van der Waals surface area contributed by atoms with Gasteiger partial charge in [0.05, 0.1) is 6.26 Å². The van der Waals surface area contributed by atoms with Gasteiger partial charge in [-0.15, -0.1) is 0 Å². The van der Waals surface area contributed by atoms with E-state index in [4.69, 9.17) is 4.74 Å². The van der Waals surface area contributed by atoms with Crippen LogP contribution in [0.1, 0.15) is 31.9 Å². The summed E-state index contributed by atoms with van der Waals surface area (Å²) in [6.45, 7) is 7.91. The van der Waals surface area contributed by atoms with Gasteiger partial charge in [-0.2, -0.15) is 4.31 Å². The van der Waals surface area contributed by atoms with Crippen LogP contribution in [0.5, 0.6) is 0 Å². The summed E-state index contributed by atoms with van der Waals surface area (Å²) in [4.78, 5) is 11.6. The van der Waals surface area contributed by atoms with E-state index in [1.54, 1.807) is 20.8 Å². The van der Waals surface area contributed by atoms with Crippen molar-refractivity contribution in [3.63, 3.8) is 0 Å². The molecule has 6 nitrogen and oxygen atoms in total. The van der Waals surface area contributed by atoms with Crippen LogP contribution in [-0.2, 0) is 21.3 Å². The minimum absolute atomic E-state index is 0.187. The Morgan fingerprint density at radius 2 is 1.87 bits per heavy atom. The summed E-state index contributed by atoms with van der Waals surface area (Å²) in [5, 5.41) is 2.57. The maximum absolute atomic E-state index is 11.9. The van der Waals surface area contributed by atoms with Gasteiger partial charge in [-0.05, 0) is 38.8 Å². The molecule has 23 heavy (non-hydrogen) atoms. The van der Waals surface area contributed by atoms with Gasteiger partial charge in [0.15, 0.2) is 0 Å². The van der Waals surface area contributed by atoms with Gasteiger partial charge in [0, 0.05) is 19.6 Å². The van der Waals surface area contributed by atoms with Crippen LogP contribution in [0.4, 0.5) is 4.79 Å². The summed E-state index contributed by atoms with van der Waals surface area (Å²) in [5.74, 6) is 0. The third kappa shape index (κ3) is 7.47. The molecule has 1 aromatic rings. The molecule has 0 bridgehead atoms. The van der Waals surface area contributed by atoms with Crippen molar-refractivity contribution in [3.05, 3.63) is 35.4 Å². The number of aryl methyl sites for hydroxylation is 1. The third-order valence-corrected chi connectivity index (χ3v) is 4.36. The molecule has 7 heteroatoms. The van der Waals surface area contributed by atoms with Crippen molar-refractivity contribution >= 4 is 16.1 Å². The number of amides is 1. The zero-order valence-corrected chi connectivity index (χ0v) is 15.2. The van der Waals surface area contributed by atoms with Gasteiger partial charge in [0.25, 0.3) is 0 Å². The van der Waals surface area contributed by atoms with Crippen molar-refractivity contribution in [2.24, 2.45) is 0 Å². The molecule has 0 fully saturated rings. The van der Waals surface area contributed by atoms with E-state index in [-0.39, 0.29) is 19.6 Å². The highest BCUT2D eigenvalue weighted by molar-refractivity contribution is 7.88. The molecule has 0 aliphatic carbocycles.